The van der Waals surface area contributed by atoms with Crippen LogP contribution in [0.15, 0.2) is 48.5 Å². The van der Waals surface area contributed by atoms with Crippen molar-refractivity contribution in [3.63, 3.8) is 0 Å². The second-order valence-corrected chi connectivity index (χ2v) is 6.94. The molecule has 0 radical (unpaired) electrons. The van der Waals surface area contributed by atoms with Crippen LogP contribution in [0.1, 0.15) is 24.0 Å². The highest BCUT2D eigenvalue weighted by Gasteiger charge is 2.37. The maximum atomic E-state index is 12.6. The number of benzene rings is 2. The van der Waals surface area contributed by atoms with E-state index in [-0.39, 0.29) is 31.2 Å². The Kier molecular flexibility index (Phi) is 6.90. The number of nitrogens with one attached hydrogen (secondary N) is 2. The lowest BCUT2D eigenvalue weighted by Crippen LogP contribution is -2.32. The van der Waals surface area contributed by atoms with Gasteiger partial charge < -0.3 is 20.1 Å². The molecule has 30 heavy (non-hydrogen) atoms. The summed E-state index contributed by atoms with van der Waals surface area (Å²) in [5, 5.41) is 5.48. The molecule has 8 nitrogen and oxygen atoms in total. The molecule has 158 valence electrons. The predicted octanol–water partition coefficient (Wildman–Crippen LogP) is 2.22. The molecule has 1 heterocycles. The number of imide groups is 1. The Morgan fingerprint density at radius 2 is 1.77 bits per heavy atom. The van der Waals surface area contributed by atoms with Gasteiger partial charge in [0, 0.05) is 13.0 Å². The fraction of sp³-hybridized carbons (Fsp3) is 0.318. The zero-order chi connectivity index (χ0) is 21.5. The van der Waals surface area contributed by atoms with Gasteiger partial charge in [-0.3, -0.25) is 14.5 Å². The van der Waals surface area contributed by atoms with Crippen LogP contribution in [0.4, 0.5) is 4.79 Å². The van der Waals surface area contributed by atoms with Gasteiger partial charge in [0.05, 0.1) is 20.8 Å². The van der Waals surface area contributed by atoms with E-state index >= 15 is 0 Å². The summed E-state index contributed by atoms with van der Waals surface area (Å²) in [6, 6.07) is 13.4. The molecule has 0 spiro atoms. The van der Waals surface area contributed by atoms with Gasteiger partial charge in [-0.2, -0.15) is 0 Å². The molecule has 2 aromatic carbocycles. The van der Waals surface area contributed by atoms with Crippen molar-refractivity contribution in [1.29, 1.82) is 0 Å². The Labute approximate surface area is 175 Å². The van der Waals surface area contributed by atoms with E-state index in [9.17, 15) is 14.4 Å². The number of urea groups is 1. The monoisotopic (exact) mass is 411 g/mol. The highest BCUT2D eigenvalue weighted by molar-refractivity contribution is 6.04. The molecule has 3 rings (SSSR count). The number of carbonyl (C=O) groups excluding carboxylic acids is 3. The van der Waals surface area contributed by atoms with E-state index in [4.69, 9.17) is 9.47 Å². The molecular formula is C22H25N3O5. The molecule has 0 bridgehead atoms. The number of ether oxygens (including phenoxy) is 2. The Hall–Kier alpha value is -3.55. The van der Waals surface area contributed by atoms with Gasteiger partial charge in [0.1, 0.15) is 17.5 Å². The van der Waals surface area contributed by atoms with Crippen LogP contribution in [0.2, 0.25) is 0 Å². The van der Waals surface area contributed by atoms with Crippen molar-refractivity contribution in [3.8, 4) is 11.5 Å². The summed E-state index contributed by atoms with van der Waals surface area (Å²) in [5.74, 6) is 0.914. The maximum Gasteiger partial charge on any atom is 0.325 e. The van der Waals surface area contributed by atoms with Crippen molar-refractivity contribution in [3.05, 3.63) is 59.7 Å². The van der Waals surface area contributed by atoms with Crippen molar-refractivity contribution < 1.29 is 23.9 Å². The standard InChI is InChI=1S/C22H25N3O5/c1-29-17-8-6-15(7-9-17)14-25-21(27)19(24-22(25)28)10-11-20(26)23-13-16-4-3-5-18(12-16)30-2/h3-9,12,19H,10-11,13-14H2,1-2H3,(H,23,26)(H,24,28). The van der Waals surface area contributed by atoms with Gasteiger partial charge in [-0.25, -0.2) is 4.79 Å². The van der Waals surface area contributed by atoms with E-state index in [0.717, 1.165) is 16.9 Å². The van der Waals surface area contributed by atoms with E-state index in [0.29, 0.717) is 12.3 Å². The number of carbonyl (C=O) groups is 3. The smallest absolute Gasteiger partial charge is 0.325 e. The van der Waals surface area contributed by atoms with E-state index in [1.807, 2.05) is 24.3 Å². The summed E-state index contributed by atoms with van der Waals surface area (Å²) in [7, 11) is 3.16. The Morgan fingerprint density at radius 1 is 1.03 bits per heavy atom. The van der Waals surface area contributed by atoms with Gasteiger partial charge in [0.15, 0.2) is 0 Å². The summed E-state index contributed by atoms with van der Waals surface area (Å²) in [6.07, 6.45) is 0.380. The molecule has 2 aromatic rings. The zero-order valence-corrected chi connectivity index (χ0v) is 17.0. The van der Waals surface area contributed by atoms with Crippen LogP contribution in [0.3, 0.4) is 0 Å². The normalized spacial score (nSPS) is 15.7. The first-order valence-corrected chi connectivity index (χ1v) is 9.64. The van der Waals surface area contributed by atoms with Crippen molar-refractivity contribution in [2.75, 3.05) is 14.2 Å². The van der Waals surface area contributed by atoms with Gasteiger partial charge in [-0.15, -0.1) is 0 Å². The lowest BCUT2D eigenvalue weighted by molar-refractivity contribution is -0.128. The number of methoxy groups -OCH3 is 2. The lowest BCUT2D eigenvalue weighted by Gasteiger charge is -2.13. The summed E-state index contributed by atoms with van der Waals surface area (Å²) in [6.45, 7) is 0.539. The molecule has 0 saturated carbocycles. The Morgan fingerprint density at radius 3 is 2.47 bits per heavy atom. The van der Waals surface area contributed by atoms with E-state index in [1.54, 1.807) is 38.5 Å². The van der Waals surface area contributed by atoms with Crippen LogP contribution in [0.5, 0.6) is 11.5 Å². The van der Waals surface area contributed by atoms with Crippen LogP contribution in [0.25, 0.3) is 0 Å². The molecule has 1 aliphatic heterocycles. The number of amides is 4. The first kappa shape index (κ1) is 21.2. The lowest BCUT2D eigenvalue weighted by atomic mass is 10.1. The summed E-state index contributed by atoms with van der Waals surface area (Å²) in [4.78, 5) is 38.1. The van der Waals surface area contributed by atoms with E-state index < -0.39 is 12.1 Å². The third-order valence-electron chi connectivity index (χ3n) is 4.89. The topological polar surface area (TPSA) is 97.0 Å². The van der Waals surface area contributed by atoms with Crippen LogP contribution in [-0.2, 0) is 22.7 Å². The van der Waals surface area contributed by atoms with Crippen molar-refractivity contribution in [1.82, 2.24) is 15.5 Å². The molecular weight excluding hydrogens is 386 g/mol. The first-order chi connectivity index (χ1) is 14.5. The molecule has 2 N–H and O–H groups in total. The number of hydrogen-bond donors (Lipinski definition) is 2. The fourth-order valence-electron chi connectivity index (χ4n) is 3.18. The van der Waals surface area contributed by atoms with Gasteiger partial charge >= 0.3 is 6.03 Å². The summed E-state index contributed by atoms with van der Waals surface area (Å²) in [5.41, 5.74) is 1.73. The third kappa shape index (κ3) is 5.28. The number of nitrogens with zero attached hydrogens (tertiary/aromatic N) is 1. The predicted molar refractivity (Wildman–Crippen MR) is 110 cm³/mol. The minimum atomic E-state index is -0.696. The molecule has 4 amide bonds. The average Bonchev–Trinajstić information content (AvgIpc) is 3.04. The molecule has 0 aromatic heterocycles. The first-order valence-electron chi connectivity index (χ1n) is 9.64. The Bertz CT molecular complexity index is 913. The van der Waals surface area contributed by atoms with Crippen LogP contribution in [0, 0.1) is 0 Å². The number of hydrogen-bond acceptors (Lipinski definition) is 5. The van der Waals surface area contributed by atoms with E-state index in [2.05, 4.69) is 10.6 Å². The highest BCUT2D eigenvalue weighted by Crippen LogP contribution is 2.18. The van der Waals surface area contributed by atoms with Gasteiger partial charge in [0.25, 0.3) is 5.91 Å². The molecule has 1 saturated heterocycles. The molecule has 8 heteroatoms. The zero-order valence-electron chi connectivity index (χ0n) is 17.0. The molecule has 0 aliphatic carbocycles. The van der Waals surface area contributed by atoms with Gasteiger partial charge in [-0.1, -0.05) is 24.3 Å². The van der Waals surface area contributed by atoms with Crippen LogP contribution >= 0.6 is 0 Å². The summed E-state index contributed by atoms with van der Waals surface area (Å²) >= 11 is 0. The average molecular weight is 411 g/mol. The molecule has 1 atom stereocenters. The van der Waals surface area contributed by atoms with Gasteiger partial charge in [0.2, 0.25) is 5.91 Å². The van der Waals surface area contributed by atoms with Crippen molar-refractivity contribution in [2.45, 2.75) is 32.0 Å². The quantitative estimate of drug-likeness (QED) is 0.617. The summed E-state index contributed by atoms with van der Waals surface area (Å²) < 4.78 is 10.3. The minimum absolute atomic E-state index is 0.136. The minimum Gasteiger partial charge on any atom is -0.497 e. The molecule has 1 aliphatic rings. The van der Waals surface area contributed by atoms with Crippen LogP contribution < -0.4 is 20.1 Å². The van der Waals surface area contributed by atoms with Crippen molar-refractivity contribution in [2.24, 2.45) is 0 Å². The number of rotatable bonds is 9. The second-order valence-electron chi connectivity index (χ2n) is 6.94. The molecule has 1 unspecified atom stereocenters. The largest absolute Gasteiger partial charge is 0.497 e. The highest BCUT2D eigenvalue weighted by atomic mass is 16.5. The van der Waals surface area contributed by atoms with E-state index in [1.165, 1.54) is 4.90 Å². The second kappa shape index (κ2) is 9.78. The van der Waals surface area contributed by atoms with Gasteiger partial charge in [-0.05, 0) is 41.8 Å². The third-order valence-corrected chi connectivity index (χ3v) is 4.89. The van der Waals surface area contributed by atoms with Crippen molar-refractivity contribution >= 4 is 17.8 Å². The Balaban J connectivity index is 1.47. The fourth-order valence-corrected chi connectivity index (χ4v) is 3.18. The SMILES string of the molecule is COc1ccc(CN2C(=O)NC(CCC(=O)NCc3cccc(OC)c3)C2=O)cc1. The maximum absolute atomic E-state index is 12.6. The van der Waals surface area contributed by atoms with Crippen LogP contribution in [-0.4, -0.2) is 43.0 Å². The molecule has 1 fully saturated rings.